The number of methoxy groups -OCH3 is 1. The molecule has 1 heterocycles. The van der Waals surface area contributed by atoms with Crippen molar-refractivity contribution in [2.45, 2.75) is 31.7 Å². The summed E-state index contributed by atoms with van der Waals surface area (Å²) >= 11 is 0. The van der Waals surface area contributed by atoms with Crippen LogP contribution >= 0.6 is 0 Å². The average Bonchev–Trinajstić information content (AvgIpc) is 2.37. The third-order valence-corrected chi connectivity index (χ3v) is 4.04. The number of hydrogen-bond acceptors (Lipinski definition) is 2. The third-order valence-electron chi connectivity index (χ3n) is 4.04. The molecule has 86 valence electrons. The molecule has 16 heavy (non-hydrogen) atoms. The third kappa shape index (κ3) is 1.52. The summed E-state index contributed by atoms with van der Waals surface area (Å²) in [4.78, 5) is 0. The highest BCUT2D eigenvalue weighted by atomic mass is 16.5. The summed E-state index contributed by atoms with van der Waals surface area (Å²) in [6, 6.07) is 0.640. The molecule has 0 amide bonds. The highest BCUT2D eigenvalue weighted by Crippen LogP contribution is 2.40. The van der Waals surface area contributed by atoms with Gasteiger partial charge in [-0.25, -0.2) is 0 Å². The van der Waals surface area contributed by atoms with Crippen LogP contribution in [0.5, 0.6) is 0 Å². The molecule has 0 spiro atoms. The predicted molar refractivity (Wildman–Crippen MR) is 65.0 cm³/mol. The van der Waals surface area contributed by atoms with Gasteiger partial charge in [-0.3, -0.25) is 0 Å². The Kier molecular flexibility index (Phi) is 2.60. The molecule has 0 bridgehead atoms. The maximum absolute atomic E-state index is 5.50. The van der Waals surface area contributed by atoms with Crippen molar-refractivity contribution < 1.29 is 4.74 Å². The van der Waals surface area contributed by atoms with Gasteiger partial charge in [0.2, 0.25) is 0 Å². The molecule has 2 nitrogen and oxygen atoms in total. The van der Waals surface area contributed by atoms with Crippen molar-refractivity contribution in [2.24, 2.45) is 5.92 Å². The summed E-state index contributed by atoms with van der Waals surface area (Å²) < 4.78 is 5.50. The second-order valence-corrected chi connectivity index (χ2v) is 4.85. The normalized spacial score (nSPS) is 32.9. The first-order chi connectivity index (χ1) is 7.90. The van der Waals surface area contributed by atoms with Gasteiger partial charge in [0.1, 0.15) is 5.76 Å². The van der Waals surface area contributed by atoms with E-state index >= 15 is 0 Å². The summed E-state index contributed by atoms with van der Waals surface area (Å²) in [5.74, 6) is 1.68. The van der Waals surface area contributed by atoms with Crippen LogP contribution < -0.4 is 5.32 Å². The molecular weight excluding hydrogens is 198 g/mol. The zero-order valence-electron chi connectivity index (χ0n) is 9.83. The highest BCUT2D eigenvalue weighted by Gasteiger charge is 2.32. The molecule has 0 aromatic heterocycles. The molecule has 0 radical (unpaired) electrons. The Bertz CT molecular complexity index is 378. The molecule has 1 aliphatic heterocycles. The maximum Gasteiger partial charge on any atom is 0.103 e. The minimum Gasteiger partial charge on any atom is -0.500 e. The average molecular weight is 217 g/mol. The van der Waals surface area contributed by atoms with E-state index in [-0.39, 0.29) is 0 Å². The van der Waals surface area contributed by atoms with E-state index < -0.39 is 0 Å². The second kappa shape index (κ2) is 4.10. The van der Waals surface area contributed by atoms with Gasteiger partial charge in [0.05, 0.1) is 7.11 Å². The largest absolute Gasteiger partial charge is 0.500 e. The number of allylic oxidation sites excluding steroid dienone is 4. The Balaban J connectivity index is 1.98. The first kappa shape index (κ1) is 10.2. The van der Waals surface area contributed by atoms with Gasteiger partial charge >= 0.3 is 0 Å². The standard InChI is InChI=1S/C14H19NO/c1-16-14-6-2-4-10-11-5-3-9-15-13(11)8-7-12(10)14/h2,4,6,12-13,15H,3,5,7-9H2,1H3. The van der Waals surface area contributed by atoms with E-state index in [1.54, 1.807) is 12.7 Å². The predicted octanol–water partition coefficient (Wildman–Crippen LogP) is 2.55. The van der Waals surface area contributed by atoms with Crippen LogP contribution in [0.2, 0.25) is 0 Å². The smallest absolute Gasteiger partial charge is 0.103 e. The maximum atomic E-state index is 5.50. The summed E-state index contributed by atoms with van der Waals surface area (Å²) in [7, 11) is 1.79. The lowest BCUT2D eigenvalue weighted by molar-refractivity contribution is 0.237. The van der Waals surface area contributed by atoms with E-state index in [1.165, 1.54) is 37.8 Å². The summed E-state index contributed by atoms with van der Waals surface area (Å²) in [6.07, 6.45) is 11.6. The van der Waals surface area contributed by atoms with Gasteiger partial charge in [0, 0.05) is 12.0 Å². The molecule has 2 heteroatoms. The zero-order chi connectivity index (χ0) is 11.0. The molecule has 0 aromatic carbocycles. The fraction of sp³-hybridized carbons (Fsp3) is 0.571. The van der Waals surface area contributed by atoms with Crippen molar-refractivity contribution in [3.05, 3.63) is 35.1 Å². The van der Waals surface area contributed by atoms with Crippen molar-refractivity contribution >= 4 is 0 Å². The lowest BCUT2D eigenvalue weighted by Crippen LogP contribution is -2.40. The Labute approximate surface area is 97.1 Å². The molecule has 3 rings (SSSR count). The van der Waals surface area contributed by atoms with Crippen molar-refractivity contribution in [2.75, 3.05) is 13.7 Å². The lowest BCUT2D eigenvalue weighted by atomic mass is 9.74. The van der Waals surface area contributed by atoms with Gasteiger partial charge in [0.15, 0.2) is 0 Å². The minimum absolute atomic E-state index is 0.529. The van der Waals surface area contributed by atoms with Crippen LogP contribution in [-0.4, -0.2) is 19.7 Å². The number of nitrogens with one attached hydrogen (secondary N) is 1. The van der Waals surface area contributed by atoms with Crippen molar-refractivity contribution in [1.82, 2.24) is 5.32 Å². The van der Waals surface area contributed by atoms with E-state index in [2.05, 4.69) is 23.5 Å². The Hall–Kier alpha value is -1.02. The van der Waals surface area contributed by atoms with Gasteiger partial charge < -0.3 is 10.1 Å². The van der Waals surface area contributed by atoms with Crippen molar-refractivity contribution in [3.8, 4) is 0 Å². The minimum atomic E-state index is 0.529. The van der Waals surface area contributed by atoms with E-state index in [1.807, 2.05) is 0 Å². The van der Waals surface area contributed by atoms with Gasteiger partial charge in [-0.2, -0.15) is 0 Å². The topological polar surface area (TPSA) is 21.3 Å². The van der Waals surface area contributed by atoms with Gasteiger partial charge in [-0.1, -0.05) is 12.2 Å². The lowest BCUT2D eigenvalue weighted by Gasteiger charge is -2.38. The number of fused-ring (bicyclic) bond motifs is 2. The summed E-state index contributed by atoms with van der Waals surface area (Å²) in [5.41, 5.74) is 3.17. The molecule has 2 atom stereocenters. The summed E-state index contributed by atoms with van der Waals surface area (Å²) in [5, 5.41) is 3.63. The fourth-order valence-corrected chi connectivity index (χ4v) is 3.28. The Morgan fingerprint density at radius 3 is 3.19 bits per heavy atom. The quantitative estimate of drug-likeness (QED) is 0.729. The van der Waals surface area contributed by atoms with E-state index in [9.17, 15) is 0 Å². The Morgan fingerprint density at radius 1 is 1.38 bits per heavy atom. The number of rotatable bonds is 1. The number of hydrogen-bond donors (Lipinski definition) is 1. The molecule has 2 unspecified atom stereocenters. The molecule has 1 saturated heterocycles. The SMILES string of the molecule is COC1=CC=CC2=C3CCCNC3CCC12. The molecule has 0 saturated carbocycles. The highest BCUT2D eigenvalue weighted by molar-refractivity contribution is 5.43. The molecule has 1 N–H and O–H groups in total. The van der Waals surface area contributed by atoms with Crippen LogP contribution in [0.15, 0.2) is 35.1 Å². The first-order valence-corrected chi connectivity index (χ1v) is 6.28. The first-order valence-electron chi connectivity index (χ1n) is 6.28. The zero-order valence-corrected chi connectivity index (χ0v) is 9.83. The van der Waals surface area contributed by atoms with Crippen molar-refractivity contribution in [3.63, 3.8) is 0 Å². The van der Waals surface area contributed by atoms with Gasteiger partial charge in [-0.15, -0.1) is 0 Å². The molecular formula is C14H19NO. The van der Waals surface area contributed by atoms with Crippen LogP contribution in [0.4, 0.5) is 0 Å². The summed E-state index contributed by atoms with van der Waals surface area (Å²) in [6.45, 7) is 1.18. The van der Waals surface area contributed by atoms with Gasteiger partial charge in [0.25, 0.3) is 0 Å². The van der Waals surface area contributed by atoms with E-state index in [0.717, 1.165) is 5.76 Å². The van der Waals surface area contributed by atoms with Crippen LogP contribution in [0, 0.1) is 5.92 Å². The number of ether oxygens (including phenoxy) is 1. The second-order valence-electron chi connectivity index (χ2n) is 4.85. The van der Waals surface area contributed by atoms with Crippen LogP contribution in [0.3, 0.4) is 0 Å². The fourth-order valence-electron chi connectivity index (χ4n) is 3.28. The number of piperidine rings is 1. The van der Waals surface area contributed by atoms with E-state index in [0.29, 0.717) is 12.0 Å². The van der Waals surface area contributed by atoms with Crippen LogP contribution in [0.25, 0.3) is 0 Å². The van der Waals surface area contributed by atoms with Crippen molar-refractivity contribution in [1.29, 1.82) is 0 Å². The molecule has 1 fully saturated rings. The van der Waals surface area contributed by atoms with E-state index in [4.69, 9.17) is 4.74 Å². The molecule has 2 aliphatic carbocycles. The van der Waals surface area contributed by atoms with Crippen LogP contribution in [0.1, 0.15) is 25.7 Å². The van der Waals surface area contributed by atoms with Crippen LogP contribution in [-0.2, 0) is 4.74 Å². The Morgan fingerprint density at radius 2 is 2.31 bits per heavy atom. The van der Waals surface area contributed by atoms with Gasteiger partial charge in [-0.05, 0) is 49.5 Å². The monoisotopic (exact) mass is 217 g/mol. The molecule has 0 aromatic rings. The molecule has 3 aliphatic rings.